The van der Waals surface area contributed by atoms with Crippen LogP contribution >= 0.6 is 23.4 Å². The van der Waals surface area contributed by atoms with Crippen molar-refractivity contribution >= 4 is 50.1 Å². The minimum absolute atomic E-state index is 0.0549. The van der Waals surface area contributed by atoms with Gasteiger partial charge in [0.05, 0.1) is 23.9 Å². The molecular formula is C21H18ClF2NO4S2. The number of hydrogen-bond donors (Lipinski definition) is 0. The fourth-order valence-corrected chi connectivity index (χ4v) is 6.27. The van der Waals surface area contributed by atoms with Crippen LogP contribution in [0.25, 0.3) is 10.9 Å². The standard InChI is InChI=1S/C21H18ClF2NO4S2/c1-29-16(26)9-11-7-8-25-19(11)21(30-13-5-3-12(22)4-6-13)17-15(31(2,27)28)10-14(23)18(24)20(17)25/h3-6,10-11H,7-9H2,1-2H3. The van der Waals surface area contributed by atoms with Crippen molar-refractivity contribution in [2.75, 3.05) is 13.4 Å². The Morgan fingerprint density at radius 3 is 2.58 bits per heavy atom. The quantitative estimate of drug-likeness (QED) is 0.368. The predicted octanol–water partition coefficient (Wildman–Crippen LogP) is 5.18. The molecule has 10 heteroatoms. The van der Waals surface area contributed by atoms with Gasteiger partial charge in [0.15, 0.2) is 21.5 Å². The summed E-state index contributed by atoms with van der Waals surface area (Å²) in [6.45, 7) is 0.332. The normalized spacial score (nSPS) is 16.0. The Morgan fingerprint density at radius 2 is 1.97 bits per heavy atom. The van der Waals surface area contributed by atoms with Crippen LogP contribution in [0, 0.1) is 11.6 Å². The van der Waals surface area contributed by atoms with Crippen LogP contribution in [0.1, 0.15) is 24.5 Å². The molecule has 4 rings (SSSR count). The van der Waals surface area contributed by atoms with E-state index in [0.717, 1.165) is 17.2 Å². The molecule has 0 fully saturated rings. The van der Waals surface area contributed by atoms with Crippen LogP contribution in [0.3, 0.4) is 0 Å². The van der Waals surface area contributed by atoms with Gasteiger partial charge < -0.3 is 9.30 Å². The lowest BCUT2D eigenvalue weighted by Gasteiger charge is -2.12. The average Bonchev–Trinajstić information content (AvgIpc) is 3.24. The summed E-state index contributed by atoms with van der Waals surface area (Å²) in [6.07, 6.45) is 1.54. The number of carbonyl (C=O) groups is 1. The fourth-order valence-electron chi connectivity index (χ4n) is 3.99. The second kappa shape index (κ2) is 8.11. The van der Waals surface area contributed by atoms with E-state index < -0.39 is 27.4 Å². The first-order valence-corrected chi connectivity index (χ1v) is 12.4. The van der Waals surface area contributed by atoms with E-state index in [1.807, 2.05) is 0 Å². The van der Waals surface area contributed by atoms with E-state index in [1.54, 1.807) is 28.8 Å². The van der Waals surface area contributed by atoms with Crippen molar-refractivity contribution in [3.63, 3.8) is 0 Å². The molecule has 3 aromatic rings. The monoisotopic (exact) mass is 485 g/mol. The van der Waals surface area contributed by atoms with Crippen LogP contribution in [0.15, 0.2) is 45.0 Å². The number of ether oxygens (including phenoxy) is 1. The summed E-state index contributed by atoms with van der Waals surface area (Å²) in [7, 11) is -2.58. The van der Waals surface area contributed by atoms with Gasteiger partial charge in [0.1, 0.15) is 0 Å². The lowest BCUT2D eigenvalue weighted by molar-refractivity contribution is -0.141. The number of fused-ring (bicyclic) bond motifs is 3. The van der Waals surface area contributed by atoms with E-state index in [4.69, 9.17) is 16.3 Å². The van der Waals surface area contributed by atoms with E-state index in [9.17, 15) is 22.0 Å². The molecule has 164 valence electrons. The zero-order chi connectivity index (χ0) is 22.5. The number of halogens is 3. The minimum atomic E-state index is -3.87. The number of aromatic nitrogens is 1. The van der Waals surface area contributed by atoms with Gasteiger partial charge in [0, 0.05) is 44.6 Å². The van der Waals surface area contributed by atoms with Crippen molar-refractivity contribution in [3.05, 3.63) is 52.7 Å². The molecule has 0 spiro atoms. The maximum absolute atomic E-state index is 15.0. The van der Waals surface area contributed by atoms with Crippen molar-refractivity contribution in [1.82, 2.24) is 4.57 Å². The smallest absolute Gasteiger partial charge is 0.306 e. The molecule has 1 atom stereocenters. The van der Waals surface area contributed by atoms with E-state index in [-0.39, 0.29) is 28.1 Å². The van der Waals surface area contributed by atoms with Crippen molar-refractivity contribution < 1.29 is 26.7 Å². The molecule has 2 heterocycles. The van der Waals surface area contributed by atoms with Gasteiger partial charge in [-0.05, 0) is 36.8 Å². The molecule has 0 amide bonds. The number of rotatable bonds is 5. The van der Waals surface area contributed by atoms with Gasteiger partial charge in [-0.15, -0.1) is 0 Å². The lowest BCUT2D eigenvalue weighted by Crippen LogP contribution is -2.07. The van der Waals surface area contributed by atoms with Gasteiger partial charge in [-0.3, -0.25) is 4.79 Å². The van der Waals surface area contributed by atoms with Crippen LogP contribution in [0.5, 0.6) is 0 Å². The second-order valence-electron chi connectivity index (χ2n) is 7.35. The van der Waals surface area contributed by atoms with Gasteiger partial charge in [-0.25, -0.2) is 17.2 Å². The number of carbonyl (C=O) groups excluding carboxylic acids is 1. The van der Waals surface area contributed by atoms with Crippen molar-refractivity contribution in [2.24, 2.45) is 0 Å². The zero-order valence-corrected chi connectivity index (χ0v) is 19.0. The number of aryl methyl sites for hydroxylation is 1. The molecule has 1 unspecified atom stereocenters. The van der Waals surface area contributed by atoms with Gasteiger partial charge in [-0.2, -0.15) is 0 Å². The van der Waals surface area contributed by atoms with E-state index >= 15 is 0 Å². The topological polar surface area (TPSA) is 65.4 Å². The highest BCUT2D eigenvalue weighted by Crippen LogP contribution is 2.49. The molecule has 2 aromatic carbocycles. The summed E-state index contributed by atoms with van der Waals surface area (Å²) in [5.41, 5.74) is 0.508. The second-order valence-corrected chi connectivity index (χ2v) is 10.9. The van der Waals surface area contributed by atoms with E-state index in [1.165, 1.54) is 18.9 Å². The summed E-state index contributed by atoms with van der Waals surface area (Å²) in [4.78, 5) is 12.9. The minimum Gasteiger partial charge on any atom is -0.469 e. The van der Waals surface area contributed by atoms with Crippen LogP contribution in [-0.4, -0.2) is 32.3 Å². The van der Waals surface area contributed by atoms with Crippen molar-refractivity contribution in [2.45, 2.75) is 40.0 Å². The van der Waals surface area contributed by atoms with Crippen molar-refractivity contribution in [1.29, 1.82) is 0 Å². The van der Waals surface area contributed by atoms with Crippen LogP contribution in [-0.2, 0) is 25.9 Å². The largest absolute Gasteiger partial charge is 0.469 e. The highest BCUT2D eigenvalue weighted by Gasteiger charge is 2.36. The summed E-state index contributed by atoms with van der Waals surface area (Å²) >= 11 is 7.20. The number of esters is 1. The number of benzene rings is 2. The van der Waals surface area contributed by atoms with Gasteiger partial charge in [0.25, 0.3) is 0 Å². The zero-order valence-electron chi connectivity index (χ0n) is 16.6. The number of methoxy groups -OCH3 is 1. The number of nitrogens with zero attached hydrogens (tertiary/aromatic N) is 1. The highest BCUT2D eigenvalue weighted by atomic mass is 35.5. The molecule has 31 heavy (non-hydrogen) atoms. The Morgan fingerprint density at radius 1 is 1.29 bits per heavy atom. The maximum Gasteiger partial charge on any atom is 0.306 e. The maximum atomic E-state index is 15.0. The summed E-state index contributed by atoms with van der Waals surface area (Å²) < 4.78 is 60.7. The summed E-state index contributed by atoms with van der Waals surface area (Å²) in [6, 6.07) is 7.61. The molecule has 1 aromatic heterocycles. The fraction of sp³-hybridized carbons (Fsp3) is 0.286. The molecule has 0 aliphatic carbocycles. The number of hydrogen-bond acceptors (Lipinski definition) is 5. The first kappa shape index (κ1) is 22.1. The first-order valence-electron chi connectivity index (χ1n) is 9.36. The Balaban J connectivity index is 2.04. The number of sulfone groups is 1. The third-order valence-corrected chi connectivity index (χ3v) is 7.84. The van der Waals surface area contributed by atoms with Crippen LogP contribution in [0.2, 0.25) is 5.02 Å². The first-order chi connectivity index (χ1) is 14.6. The molecule has 1 aliphatic rings. The van der Waals surface area contributed by atoms with Gasteiger partial charge >= 0.3 is 5.97 Å². The van der Waals surface area contributed by atoms with E-state index in [2.05, 4.69) is 0 Å². The van der Waals surface area contributed by atoms with Crippen LogP contribution in [0.4, 0.5) is 8.78 Å². The predicted molar refractivity (Wildman–Crippen MR) is 115 cm³/mol. The molecule has 0 bridgehead atoms. The van der Waals surface area contributed by atoms with Crippen LogP contribution < -0.4 is 0 Å². The van der Waals surface area contributed by atoms with Crippen molar-refractivity contribution in [3.8, 4) is 0 Å². The lowest BCUT2D eigenvalue weighted by atomic mass is 10.00. The molecule has 0 saturated carbocycles. The molecule has 5 nitrogen and oxygen atoms in total. The Kier molecular flexibility index (Phi) is 5.78. The Bertz CT molecular complexity index is 1300. The molecule has 0 saturated heterocycles. The summed E-state index contributed by atoms with van der Waals surface area (Å²) in [5.74, 6) is -3.08. The van der Waals surface area contributed by atoms with Gasteiger partial charge in [0.2, 0.25) is 0 Å². The Hall–Kier alpha value is -2.10. The molecule has 0 N–H and O–H groups in total. The molecular weight excluding hydrogens is 468 g/mol. The molecule has 0 radical (unpaired) electrons. The third-order valence-electron chi connectivity index (χ3n) is 5.34. The molecule has 1 aliphatic heterocycles. The highest BCUT2D eigenvalue weighted by molar-refractivity contribution is 7.99. The third kappa shape index (κ3) is 3.94. The SMILES string of the molecule is COC(=O)CC1CCn2c1c(Sc1ccc(Cl)cc1)c1c(S(C)(=O)=O)cc(F)c(F)c12. The van der Waals surface area contributed by atoms with E-state index in [0.29, 0.717) is 28.6 Å². The van der Waals surface area contributed by atoms with Gasteiger partial charge in [-0.1, -0.05) is 23.4 Å². The average molecular weight is 486 g/mol. The summed E-state index contributed by atoms with van der Waals surface area (Å²) in [5, 5.41) is 0.663. The Labute approximate surface area is 187 Å².